The highest BCUT2D eigenvalue weighted by Gasteiger charge is 2.31. The maximum absolute atomic E-state index is 13.1. The van der Waals surface area contributed by atoms with E-state index in [1.807, 2.05) is 0 Å². The van der Waals surface area contributed by atoms with Crippen molar-refractivity contribution in [3.63, 3.8) is 0 Å². The number of carbonyl (C=O) groups is 2. The van der Waals surface area contributed by atoms with E-state index in [1.54, 1.807) is 0 Å². The third-order valence-corrected chi connectivity index (χ3v) is 13.3. The average Bonchev–Trinajstić information content (AvgIpc) is 3.18. The molecular weight excluding hydrogens is 703 g/mol. The molecule has 0 N–H and O–H groups in total. The molecule has 2 atom stereocenters. The Bertz CT molecular complexity index is 843. The van der Waals surface area contributed by atoms with Crippen molar-refractivity contribution in [2.45, 2.75) is 278 Å². The highest BCUT2D eigenvalue weighted by molar-refractivity contribution is 5.72. The molecule has 2 unspecified atom stereocenters. The number of carbonyl (C=O) groups excluding carboxylic acids is 2. The summed E-state index contributed by atoms with van der Waals surface area (Å²) in [6.45, 7) is 17.5. The van der Waals surface area contributed by atoms with Gasteiger partial charge in [-0.05, 0) is 90.6 Å². The summed E-state index contributed by atoms with van der Waals surface area (Å²) in [5, 5.41) is 0. The van der Waals surface area contributed by atoms with Gasteiger partial charge in [0, 0.05) is 5.54 Å². The SMILES string of the molecule is CCCCCCCCC(CCCCCC)C(=O)OCCCCCCN(CCCCCCOC(=O)C(CCCCCC)CCCCCCCC)C(C)(C)CC1CCC1. The van der Waals surface area contributed by atoms with E-state index in [-0.39, 0.29) is 29.3 Å². The molecule has 0 spiro atoms. The second-order valence-corrected chi connectivity index (χ2v) is 19.2. The van der Waals surface area contributed by atoms with Gasteiger partial charge in [0.15, 0.2) is 0 Å². The third-order valence-electron chi connectivity index (χ3n) is 13.3. The molecule has 0 saturated heterocycles. The topological polar surface area (TPSA) is 55.8 Å². The molecule has 0 bridgehead atoms. The Hall–Kier alpha value is -1.10. The highest BCUT2D eigenvalue weighted by Crippen LogP contribution is 2.36. The van der Waals surface area contributed by atoms with Crippen LogP contribution in [0, 0.1) is 17.8 Å². The van der Waals surface area contributed by atoms with Crippen LogP contribution in [-0.2, 0) is 19.1 Å². The van der Waals surface area contributed by atoms with Gasteiger partial charge >= 0.3 is 11.9 Å². The lowest BCUT2D eigenvalue weighted by atomic mass is 9.76. The van der Waals surface area contributed by atoms with Crippen LogP contribution in [0.5, 0.6) is 0 Å². The summed E-state index contributed by atoms with van der Waals surface area (Å²) in [6.07, 6.45) is 43.8. The smallest absolute Gasteiger partial charge is 0.308 e. The van der Waals surface area contributed by atoms with E-state index >= 15 is 0 Å². The van der Waals surface area contributed by atoms with Crippen LogP contribution in [0.25, 0.3) is 0 Å². The molecule has 1 aliphatic rings. The van der Waals surface area contributed by atoms with E-state index in [0.29, 0.717) is 13.2 Å². The Kier molecular flexibility index (Phi) is 35.8. The minimum Gasteiger partial charge on any atom is -0.465 e. The van der Waals surface area contributed by atoms with Gasteiger partial charge in [0.1, 0.15) is 0 Å². The van der Waals surface area contributed by atoms with Gasteiger partial charge in [0.25, 0.3) is 0 Å². The number of hydrogen-bond acceptors (Lipinski definition) is 5. The maximum atomic E-state index is 13.1. The van der Waals surface area contributed by atoms with Gasteiger partial charge in [-0.3, -0.25) is 14.5 Å². The van der Waals surface area contributed by atoms with Crippen LogP contribution in [0.4, 0.5) is 0 Å². The van der Waals surface area contributed by atoms with E-state index < -0.39 is 0 Å². The molecule has 0 heterocycles. The quantitative estimate of drug-likeness (QED) is 0.0454. The fourth-order valence-corrected chi connectivity index (χ4v) is 9.08. The normalized spacial score (nSPS) is 14.5. The molecule has 0 aromatic heterocycles. The van der Waals surface area contributed by atoms with Gasteiger partial charge in [0.05, 0.1) is 25.0 Å². The first-order chi connectivity index (χ1) is 27.8. The molecule has 57 heavy (non-hydrogen) atoms. The summed E-state index contributed by atoms with van der Waals surface area (Å²) in [4.78, 5) is 29.0. The van der Waals surface area contributed by atoms with Crippen molar-refractivity contribution in [1.82, 2.24) is 4.90 Å². The van der Waals surface area contributed by atoms with Gasteiger partial charge in [0.2, 0.25) is 0 Å². The van der Waals surface area contributed by atoms with Gasteiger partial charge in [-0.1, -0.05) is 201 Å². The van der Waals surface area contributed by atoms with Crippen LogP contribution in [-0.4, -0.2) is 48.7 Å². The molecule has 1 rings (SSSR count). The first kappa shape index (κ1) is 53.9. The molecule has 5 heteroatoms. The zero-order valence-corrected chi connectivity index (χ0v) is 39.6. The Morgan fingerprint density at radius 2 is 0.789 bits per heavy atom. The molecule has 0 radical (unpaired) electrons. The molecule has 1 aliphatic carbocycles. The predicted molar refractivity (Wildman–Crippen MR) is 247 cm³/mol. The van der Waals surface area contributed by atoms with E-state index in [4.69, 9.17) is 9.47 Å². The van der Waals surface area contributed by atoms with Crippen molar-refractivity contribution in [3.8, 4) is 0 Å². The summed E-state index contributed by atoms with van der Waals surface area (Å²) >= 11 is 0. The van der Waals surface area contributed by atoms with Gasteiger partial charge in [-0.15, -0.1) is 0 Å². The maximum Gasteiger partial charge on any atom is 0.308 e. The lowest BCUT2D eigenvalue weighted by Gasteiger charge is -2.43. The van der Waals surface area contributed by atoms with Gasteiger partial charge in [-0.25, -0.2) is 0 Å². The summed E-state index contributed by atoms with van der Waals surface area (Å²) in [6, 6.07) is 0. The van der Waals surface area contributed by atoms with Crippen LogP contribution in [0.15, 0.2) is 0 Å². The van der Waals surface area contributed by atoms with E-state index in [0.717, 1.165) is 83.2 Å². The van der Waals surface area contributed by atoms with Crippen molar-refractivity contribution in [2.75, 3.05) is 26.3 Å². The fourth-order valence-electron chi connectivity index (χ4n) is 9.08. The number of nitrogens with zero attached hydrogens (tertiary/aromatic N) is 1. The molecule has 1 saturated carbocycles. The van der Waals surface area contributed by atoms with Crippen LogP contribution in [0.2, 0.25) is 0 Å². The average molecular weight is 804 g/mol. The van der Waals surface area contributed by atoms with Crippen molar-refractivity contribution in [3.05, 3.63) is 0 Å². The molecule has 338 valence electrons. The van der Waals surface area contributed by atoms with Gasteiger partial charge in [-0.2, -0.15) is 0 Å². The van der Waals surface area contributed by atoms with E-state index in [2.05, 4.69) is 46.4 Å². The van der Waals surface area contributed by atoms with E-state index in [9.17, 15) is 9.59 Å². The number of rotatable bonds is 43. The predicted octanol–water partition coefficient (Wildman–Crippen LogP) is 16.1. The second kappa shape index (κ2) is 37.9. The molecule has 0 aromatic carbocycles. The number of hydrogen-bond donors (Lipinski definition) is 0. The van der Waals surface area contributed by atoms with Crippen LogP contribution >= 0.6 is 0 Å². The summed E-state index contributed by atoms with van der Waals surface area (Å²) in [7, 11) is 0. The Morgan fingerprint density at radius 3 is 1.14 bits per heavy atom. The summed E-state index contributed by atoms with van der Waals surface area (Å²) in [5.74, 6) is 1.26. The zero-order valence-electron chi connectivity index (χ0n) is 39.6. The molecular formula is C52H101NO4. The monoisotopic (exact) mass is 804 g/mol. The van der Waals surface area contributed by atoms with Crippen LogP contribution < -0.4 is 0 Å². The van der Waals surface area contributed by atoms with Crippen molar-refractivity contribution in [1.29, 1.82) is 0 Å². The first-order valence-corrected chi connectivity index (χ1v) is 25.9. The fraction of sp³-hybridized carbons (Fsp3) is 0.962. The van der Waals surface area contributed by atoms with Crippen molar-refractivity contribution < 1.29 is 19.1 Å². The second-order valence-electron chi connectivity index (χ2n) is 19.2. The highest BCUT2D eigenvalue weighted by atomic mass is 16.5. The molecule has 0 aromatic rings. The Balaban J connectivity index is 2.43. The Labute approximate surface area is 357 Å². The lowest BCUT2D eigenvalue weighted by molar-refractivity contribution is -0.150. The number of unbranched alkanes of at least 4 members (excludes halogenated alkanes) is 22. The zero-order chi connectivity index (χ0) is 41.7. The summed E-state index contributed by atoms with van der Waals surface area (Å²) < 4.78 is 11.8. The molecule has 5 nitrogen and oxygen atoms in total. The molecule has 1 fully saturated rings. The third kappa shape index (κ3) is 29.7. The first-order valence-electron chi connectivity index (χ1n) is 25.9. The number of ether oxygens (including phenoxy) is 2. The van der Waals surface area contributed by atoms with Crippen molar-refractivity contribution in [2.24, 2.45) is 17.8 Å². The standard InChI is InChI=1S/C52H101NO4/c1-7-11-15-19-21-29-40-48(38-27-17-13-9-3)50(54)56-44-33-25-23-31-42-53(52(5,6)46-47-36-35-37-47)43-32-24-26-34-45-57-51(55)49(39-28-18-14-10-4)41-30-22-20-16-12-8-2/h47-49H,7-46H2,1-6H3. The summed E-state index contributed by atoms with van der Waals surface area (Å²) in [5.41, 5.74) is 0.237. The lowest BCUT2D eigenvalue weighted by Crippen LogP contribution is -2.47. The molecule has 0 amide bonds. The minimum atomic E-state index is 0.0765. The Morgan fingerprint density at radius 1 is 0.474 bits per heavy atom. The largest absolute Gasteiger partial charge is 0.465 e. The van der Waals surface area contributed by atoms with Crippen LogP contribution in [0.1, 0.15) is 273 Å². The van der Waals surface area contributed by atoms with Crippen LogP contribution in [0.3, 0.4) is 0 Å². The minimum absolute atomic E-state index is 0.0765. The van der Waals surface area contributed by atoms with Gasteiger partial charge < -0.3 is 9.47 Å². The number of esters is 2. The van der Waals surface area contributed by atoms with Crippen molar-refractivity contribution >= 4 is 11.9 Å². The molecule has 0 aliphatic heterocycles. The van der Waals surface area contributed by atoms with E-state index in [1.165, 1.54) is 167 Å².